The number of imidazole rings is 1. The molecule has 0 spiro atoms. The van der Waals surface area contributed by atoms with Gasteiger partial charge in [0.25, 0.3) is 0 Å². The van der Waals surface area contributed by atoms with E-state index in [9.17, 15) is 13.6 Å². The average molecular weight is 266 g/mol. The summed E-state index contributed by atoms with van der Waals surface area (Å²) in [5, 5.41) is 8.92. The minimum absolute atomic E-state index is 0.00560. The summed E-state index contributed by atoms with van der Waals surface area (Å²) in [4.78, 5) is 17.7. The Balaban J connectivity index is 2.48. The van der Waals surface area contributed by atoms with Gasteiger partial charge in [0.2, 0.25) is 0 Å². The Hall–Kier alpha value is -2.24. The monoisotopic (exact) mass is 266 g/mol. The topological polar surface area (TPSA) is 66.0 Å². The molecule has 0 bridgehead atoms. The summed E-state index contributed by atoms with van der Waals surface area (Å²) in [6, 6.07) is 3.00. The number of halogens is 2. The van der Waals surface area contributed by atoms with Gasteiger partial charge in [-0.25, -0.2) is 13.8 Å². The highest BCUT2D eigenvalue weighted by atomic mass is 19.1. The van der Waals surface area contributed by atoms with Crippen molar-refractivity contribution in [3.05, 3.63) is 53.1 Å². The zero-order chi connectivity index (χ0) is 14.0. The first-order valence-electron chi connectivity index (χ1n) is 5.65. The van der Waals surface area contributed by atoms with Gasteiger partial charge in [-0.1, -0.05) is 0 Å². The van der Waals surface area contributed by atoms with E-state index in [1.807, 2.05) is 0 Å². The van der Waals surface area contributed by atoms with Crippen LogP contribution in [0.25, 0.3) is 0 Å². The molecule has 4 nitrogen and oxygen atoms in total. The summed E-state index contributed by atoms with van der Waals surface area (Å²) in [5.41, 5.74) is 0.454. The fourth-order valence-electron chi connectivity index (χ4n) is 1.96. The first kappa shape index (κ1) is 13.2. The number of carboxylic acid groups (broad SMARTS) is 1. The van der Waals surface area contributed by atoms with Crippen molar-refractivity contribution in [2.45, 2.75) is 19.3 Å². The number of H-pyrrole nitrogens is 1. The van der Waals surface area contributed by atoms with Gasteiger partial charge in [-0.15, -0.1) is 0 Å². The van der Waals surface area contributed by atoms with Crippen LogP contribution in [0, 0.1) is 18.6 Å². The van der Waals surface area contributed by atoms with Crippen LogP contribution in [0.15, 0.2) is 24.4 Å². The number of aromatic amines is 1. The molecule has 1 aromatic heterocycles. The Morgan fingerprint density at radius 3 is 2.79 bits per heavy atom. The number of aliphatic carboxylic acids is 1. The molecule has 0 aliphatic carbocycles. The lowest BCUT2D eigenvalue weighted by atomic mass is 9.92. The standard InChI is InChI=1S/C13H12F2N2O2/c1-7-16-6-12(17-7)10(5-13(18)19)9-4-8(14)2-3-11(9)15/h2-4,6,10H,5H2,1H3,(H,16,17)(H,18,19). The summed E-state index contributed by atoms with van der Waals surface area (Å²) in [5.74, 6) is -2.56. The Morgan fingerprint density at radius 2 is 2.21 bits per heavy atom. The molecule has 6 heteroatoms. The van der Waals surface area contributed by atoms with Gasteiger partial charge in [-0.2, -0.15) is 0 Å². The number of aryl methyl sites for hydroxylation is 1. The Bertz CT molecular complexity index is 610. The molecule has 0 aliphatic heterocycles. The average Bonchev–Trinajstić information content (AvgIpc) is 2.76. The van der Waals surface area contributed by atoms with Gasteiger partial charge in [0, 0.05) is 23.4 Å². The fourth-order valence-corrected chi connectivity index (χ4v) is 1.96. The molecule has 19 heavy (non-hydrogen) atoms. The van der Waals surface area contributed by atoms with Crippen molar-refractivity contribution in [3.63, 3.8) is 0 Å². The lowest BCUT2D eigenvalue weighted by molar-refractivity contribution is -0.137. The summed E-state index contributed by atoms with van der Waals surface area (Å²) < 4.78 is 27.0. The van der Waals surface area contributed by atoms with Crippen LogP contribution in [0.5, 0.6) is 0 Å². The van der Waals surface area contributed by atoms with Crippen LogP contribution in [-0.4, -0.2) is 21.0 Å². The molecule has 1 aromatic carbocycles. The van der Waals surface area contributed by atoms with E-state index in [2.05, 4.69) is 9.97 Å². The molecular weight excluding hydrogens is 254 g/mol. The van der Waals surface area contributed by atoms with Crippen molar-refractivity contribution in [2.75, 3.05) is 0 Å². The predicted octanol–water partition coefficient (Wildman–Crippen LogP) is 2.60. The van der Waals surface area contributed by atoms with Crippen LogP contribution in [0.1, 0.15) is 29.4 Å². The van der Waals surface area contributed by atoms with E-state index in [4.69, 9.17) is 5.11 Å². The molecule has 1 heterocycles. The molecule has 0 saturated carbocycles. The zero-order valence-corrected chi connectivity index (χ0v) is 10.2. The molecular formula is C13H12F2N2O2. The number of aromatic nitrogens is 2. The molecule has 0 aliphatic rings. The molecule has 0 saturated heterocycles. The van der Waals surface area contributed by atoms with Gasteiger partial charge in [0.15, 0.2) is 0 Å². The van der Waals surface area contributed by atoms with Gasteiger partial charge < -0.3 is 10.1 Å². The molecule has 1 unspecified atom stereocenters. The van der Waals surface area contributed by atoms with Gasteiger partial charge >= 0.3 is 5.97 Å². The number of carboxylic acids is 1. The van der Waals surface area contributed by atoms with E-state index in [1.54, 1.807) is 6.92 Å². The van der Waals surface area contributed by atoms with Crippen molar-refractivity contribution in [1.82, 2.24) is 9.97 Å². The third-order valence-electron chi connectivity index (χ3n) is 2.81. The third kappa shape index (κ3) is 2.96. The van der Waals surface area contributed by atoms with Crippen molar-refractivity contribution >= 4 is 5.97 Å². The van der Waals surface area contributed by atoms with Gasteiger partial charge in [0.05, 0.1) is 6.42 Å². The smallest absolute Gasteiger partial charge is 0.304 e. The van der Waals surface area contributed by atoms with Crippen LogP contribution < -0.4 is 0 Å². The van der Waals surface area contributed by atoms with E-state index in [0.29, 0.717) is 11.5 Å². The van der Waals surface area contributed by atoms with Crippen LogP contribution in [0.4, 0.5) is 8.78 Å². The molecule has 0 fully saturated rings. The van der Waals surface area contributed by atoms with E-state index in [1.165, 1.54) is 6.20 Å². The van der Waals surface area contributed by atoms with Gasteiger partial charge in [-0.05, 0) is 25.1 Å². The van der Waals surface area contributed by atoms with Crippen LogP contribution in [-0.2, 0) is 4.79 Å². The number of rotatable bonds is 4. The van der Waals surface area contributed by atoms with Crippen molar-refractivity contribution in [3.8, 4) is 0 Å². The first-order chi connectivity index (χ1) is 8.97. The van der Waals surface area contributed by atoms with Crippen LogP contribution in [0.3, 0.4) is 0 Å². The number of hydrogen-bond donors (Lipinski definition) is 2. The fraction of sp³-hybridized carbons (Fsp3) is 0.231. The molecule has 0 radical (unpaired) electrons. The predicted molar refractivity (Wildman–Crippen MR) is 63.8 cm³/mol. The lowest BCUT2D eigenvalue weighted by Gasteiger charge is -2.14. The van der Waals surface area contributed by atoms with E-state index in [0.717, 1.165) is 18.2 Å². The minimum atomic E-state index is -1.10. The number of benzene rings is 1. The minimum Gasteiger partial charge on any atom is -0.481 e. The highest BCUT2D eigenvalue weighted by molar-refractivity contribution is 5.68. The van der Waals surface area contributed by atoms with Crippen LogP contribution >= 0.6 is 0 Å². The second kappa shape index (κ2) is 5.17. The number of nitrogens with zero attached hydrogens (tertiary/aromatic N) is 1. The largest absolute Gasteiger partial charge is 0.481 e. The normalized spacial score (nSPS) is 12.4. The quantitative estimate of drug-likeness (QED) is 0.893. The number of carbonyl (C=O) groups is 1. The summed E-state index contributed by atoms with van der Waals surface area (Å²) in [6.45, 7) is 1.70. The second-order valence-corrected chi connectivity index (χ2v) is 4.24. The van der Waals surface area contributed by atoms with Crippen molar-refractivity contribution < 1.29 is 18.7 Å². The maximum Gasteiger partial charge on any atom is 0.304 e. The van der Waals surface area contributed by atoms with Crippen molar-refractivity contribution in [2.24, 2.45) is 0 Å². The lowest BCUT2D eigenvalue weighted by Crippen LogP contribution is -2.10. The van der Waals surface area contributed by atoms with Gasteiger partial charge in [-0.3, -0.25) is 4.79 Å². The third-order valence-corrected chi connectivity index (χ3v) is 2.81. The van der Waals surface area contributed by atoms with E-state index >= 15 is 0 Å². The molecule has 2 aromatic rings. The maximum absolute atomic E-state index is 13.8. The SMILES string of the molecule is Cc1ncc(C(CC(=O)O)c2cc(F)ccc2F)[nH]1. The highest BCUT2D eigenvalue weighted by Gasteiger charge is 2.23. The first-order valence-corrected chi connectivity index (χ1v) is 5.65. The maximum atomic E-state index is 13.8. The Kier molecular flexibility index (Phi) is 3.59. The molecule has 2 N–H and O–H groups in total. The molecule has 100 valence electrons. The zero-order valence-electron chi connectivity index (χ0n) is 10.2. The molecule has 2 rings (SSSR count). The highest BCUT2D eigenvalue weighted by Crippen LogP contribution is 2.29. The Labute approximate surface area is 108 Å². The summed E-state index contributed by atoms with van der Waals surface area (Å²) >= 11 is 0. The van der Waals surface area contributed by atoms with E-state index in [-0.39, 0.29) is 12.0 Å². The van der Waals surface area contributed by atoms with Gasteiger partial charge in [0.1, 0.15) is 17.5 Å². The van der Waals surface area contributed by atoms with E-state index < -0.39 is 23.5 Å². The van der Waals surface area contributed by atoms with Crippen molar-refractivity contribution in [1.29, 1.82) is 0 Å². The summed E-state index contributed by atoms with van der Waals surface area (Å²) in [6.07, 6.45) is 1.09. The number of hydrogen-bond acceptors (Lipinski definition) is 2. The number of nitrogens with one attached hydrogen (secondary N) is 1. The second-order valence-electron chi connectivity index (χ2n) is 4.24. The molecule has 0 amide bonds. The summed E-state index contributed by atoms with van der Waals surface area (Å²) in [7, 11) is 0. The molecule has 1 atom stereocenters. The Morgan fingerprint density at radius 1 is 1.47 bits per heavy atom. The van der Waals surface area contributed by atoms with Crippen LogP contribution in [0.2, 0.25) is 0 Å².